The van der Waals surface area contributed by atoms with E-state index in [0.29, 0.717) is 0 Å². The van der Waals surface area contributed by atoms with Gasteiger partial charge in [0.05, 0.1) is 19.1 Å². The summed E-state index contributed by atoms with van der Waals surface area (Å²) in [5.74, 6) is -0.999. The van der Waals surface area contributed by atoms with Crippen LogP contribution >= 0.6 is 0 Å². The van der Waals surface area contributed by atoms with Gasteiger partial charge in [-0.1, -0.05) is 12.7 Å². The van der Waals surface area contributed by atoms with Crippen LogP contribution in [-0.4, -0.2) is 52.5 Å². The first-order valence-electron chi connectivity index (χ1n) is 4.98. The molecule has 0 aromatic heterocycles. The summed E-state index contributed by atoms with van der Waals surface area (Å²) >= 11 is 0. The van der Waals surface area contributed by atoms with Crippen LogP contribution in [0.2, 0.25) is 0 Å². The van der Waals surface area contributed by atoms with E-state index in [1.54, 1.807) is 0 Å². The number of hydrogen-bond donors (Lipinski definition) is 2. The van der Waals surface area contributed by atoms with Crippen molar-refractivity contribution in [1.29, 1.82) is 0 Å². The lowest BCUT2D eigenvalue weighted by Gasteiger charge is -2.21. The number of β-amino-alcohol motifs (C(OH)–C–C–N with tert-alkyl or cyclic N) is 1. The third-order valence-corrected chi connectivity index (χ3v) is 2.36. The number of carbonyl (C=O) groups excluding carboxylic acids is 1. The van der Waals surface area contributed by atoms with Crippen LogP contribution in [0.25, 0.3) is 0 Å². The van der Waals surface area contributed by atoms with Crippen LogP contribution in [-0.2, 0) is 9.53 Å². The zero-order valence-corrected chi connectivity index (χ0v) is 8.83. The summed E-state index contributed by atoms with van der Waals surface area (Å²) in [7, 11) is 0. The largest absolute Gasteiger partial charge is 0.481 e. The summed E-state index contributed by atoms with van der Waals surface area (Å²) in [5.41, 5.74) is 0. The zero-order chi connectivity index (χ0) is 12.1. The Kier molecular flexibility index (Phi) is 4.30. The first-order valence-corrected chi connectivity index (χ1v) is 4.98. The van der Waals surface area contributed by atoms with Crippen molar-refractivity contribution in [2.75, 3.05) is 13.2 Å². The van der Waals surface area contributed by atoms with Crippen LogP contribution < -0.4 is 0 Å². The fraction of sp³-hybridized carbons (Fsp3) is 0.600. The number of likely N-dealkylation sites (tertiary alicyclic amines) is 1. The van der Waals surface area contributed by atoms with E-state index in [4.69, 9.17) is 9.84 Å². The maximum Gasteiger partial charge on any atom is 0.410 e. The van der Waals surface area contributed by atoms with Crippen LogP contribution in [0, 0.1) is 0 Å². The van der Waals surface area contributed by atoms with E-state index in [0.717, 1.165) is 0 Å². The van der Waals surface area contributed by atoms with E-state index in [1.165, 1.54) is 11.0 Å². The molecule has 0 aromatic carbocycles. The van der Waals surface area contributed by atoms with Gasteiger partial charge in [0.25, 0.3) is 0 Å². The lowest BCUT2D eigenvalue weighted by atomic mass is 10.1. The number of amides is 1. The van der Waals surface area contributed by atoms with Gasteiger partial charge in [-0.3, -0.25) is 4.79 Å². The van der Waals surface area contributed by atoms with Gasteiger partial charge in [-0.2, -0.15) is 0 Å². The van der Waals surface area contributed by atoms with Gasteiger partial charge < -0.3 is 19.8 Å². The molecule has 1 saturated heterocycles. The molecule has 0 spiro atoms. The summed E-state index contributed by atoms with van der Waals surface area (Å²) < 4.78 is 4.80. The van der Waals surface area contributed by atoms with E-state index in [-0.39, 0.29) is 26.0 Å². The van der Waals surface area contributed by atoms with Crippen LogP contribution in [0.3, 0.4) is 0 Å². The molecule has 16 heavy (non-hydrogen) atoms. The number of aliphatic carboxylic acids is 1. The molecule has 0 aromatic rings. The summed E-state index contributed by atoms with van der Waals surface area (Å²) in [6.45, 7) is 3.60. The van der Waals surface area contributed by atoms with Crippen molar-refractivity contribution >= 4 is 12.1 Å². The van der Waals surface area contributed by atoms with Crippen molar-refractivity contribution in [1.82, 2.24) is 4.90 Å². The molecule has 2 N–H and O–H groups in total. The topological polar surface area (TPSA) is 87.1 Å². The number of carboxylic acids is 1. The molecule has 0 radical (unpaired) electrons. The maximum absolute atomic E-state index is 11.5. The monoisotopic (exact) mass is 229 g/mol. The van der Waals surface area contributed by atoms with Crippen LogP contribution in [0.1, 0.15) is 12.8 Å². The van der Waals surface area contributed by atoms with E-state index >= 15 is 0 Å². The molecule has 1 fully saturated rings. The molecular weight excluding hydrogens is 214 g/mol. The molecule has 0 unspecified atom stereocenters. The van der Waals surface area contributed by atoms with Gasteiger partial charge in [0.2, 0.25) is 0 Å². The summed E-state index contributed by atoms with van der Waals surface area (Å²) in [4.78, 5) is 23.3. The lowest BCUT2D eigenvalue weighted by molar-refractivity contribution is -0.138. The molecule has 1 rings (SSSR count). The second-order valence-electron chi connectivity index (χ2n) is 3.66. The number of aliphatic hydroxyl groups is 1. The van der Waals surface area contributed by atoms with E-state index in [9.17, 15) is 14.7 Å². The van der Waals surface area contributed by atoms with E-state index in [2.05, 4.69) is 6.58 Å². The van der Waals surface area contributed by atoms with Crippen molar-refractivity contribution in [3.05, 3.63) is 12.7 Å². The second kappa shape index (κ2) is 5.50. The second-order valence-corrected chi connectivity index (χ2v) is 3.66. The van der Waals surface area contributed by atoms with E-state index < -0.39 is 24.2 Å². The van der Waals surface area contributed by atoms with Crippen molar-refractivity contribution in [3.8, 4) is 0 Å². The molecule has 1 heterocycles. The molecule has 1 amide bonds. The van der Waals surface area contributed by atoms with E-state index in [1.807, 2.05) is 0 Å². The fourth-order valence-corrected chi connectivity index (χ4v) is 1.72. The minimum absolute atomic E-state index is 0.0746. The zero-order valence-electron chi connectivity index (χ0n) is 8.83. The van der Waals surface area contributed by atoms with Crippen molar-refractivity contribution < 1.29 is 24.5 Å². The number of aliphatic hydroxyl groups excluding tert-OH is 1. The first kappa shape index (κ1) is 12.5. The Bertz CT molecular complexity index is 291. The Morgan fingerprint density at radius 2 is 2.25 bits per heavy atom. The predicted octanol–water partition coefficient (Wildman–Crippen LogP) is 0.219. The number of carboxylic acid groups (broad SMARTS) is 1. The predicted molar refractivity (Wildman–Crippen MR) is 54.9 cm³/mol. The third kappa shape index (κ3) is 3.23. The minimum Gasteiger partial charge on any atom is -0.481 e. The highest BCUT2D eigenvalue weighted by Gasteiger charge is 2.36. The van der Waals surface area contributed by atoms with Crippen molar-refractivity contribution in [3.63, 3.8) is 0 Å². The Morgan fingerprint density at radius 3 is 2.81 bits per heavy atom. The highest BCUT2D eigenvalue weighted by molar-refractivity contribution is 5.72. The summed E-state index contributed by atoms with van der Waals surface area (Å²) in [5, 5.41) is 18.1. The third-order valence-electron chi connectivity index (χ3n) is 2.36. The number of ether oxygens (including phenoxy) is 1. The quantitative estimate of drug-likeness (QED) is 0.673. The smallest absolute Gasteiger partial charge is 0.410 e. The highest BCUT2D eigenvalue weighted by atomic mass is 16.6. The number of carbonyl (C=O) groups is 2. The highest BCUT2D eigenvalue weighted by Crippen LogP contribution is 2.21. The Balaban J connectivity index is 2.57. The van der Waals surface area contributed by atoms with Gasteiger partial charge in [-0.15, -0.1) is 0 Å². The van der Waals surface area contributed by atoms with Crippen LogP contribution in [0.5, 0.6) is 0 Å². The average molecular weight is 229 g/mol. The van der Waals surface area contributed by atoms with Gasteiger partial charge in [0.15, 0.2) is 0 Å². The molecule has 0 aliphatic carbocycles. The molecule has 6 nitrogen and oxygen atoms in total. The Hall–Kier alpha value is -1.56. The fourth-order valence-electron chi connectivity index (χ4n) is 1.72. The van der Waals surface area contributed by atoms with Gasteiger partial charge in [-0.05, 0) is 6.42 Å². The van der Waals surface area contributed by atoms with Crippen molar-refractivity contribution in [2.45, 2.75) is 25.0 Å². The Morgan fingerprint density at radius 1 is 1.56 bits per heavy atom. The van der Waals surface area contributed by atoms with Gasteiger partial charge >= 0.3 is 12.1 Å². The number of hydrogen-bond acceptors (Lipinski definition) is 4. The number of rotatable bonds is 4. The molecule has 2 atom stereocenters. The summed E-state index contributed by atoms with van der Waals surface area (Å²) in [6, 6.07) is -0.496. The minimum atomic E-state index is -0.999. The maximum atomic E-state index is 11.5. The Labute approximate surface area is 93.1 Å². The molecule has 90 valence electrons. The lowest BCUT2D eigenvalue weighted by Crippen LogP contribution is -2.37. The first-order chi connectivity index (χ1) is 7.54. The van der Waals surface area contributed by atoms with Gasteiger partial charge in [0, 0.05) is 6.04 Å². The SMILES string of the molecule is C=CCOC(=O)N1C[C@H](O)C[C@@H]1CC(=O)O. The average Bonchev–Trinajstić information content (AvgIpc) is 2.55. The molecule has 0 saturated carbocycles. The van der Waals surface area contributed by atoms with Gasteiger partial charge in [0.1, 0.15) is 6.61 Å². The normalized spacial score (nSPS) is 24.2. The van der Waals surface area contributed by atoms with Crippen molar-refractivity contribution in [2.24, 2.45) is 0 Å². The molecule has 1 aliphatic rings. The summed E-state index contributed by atoms with van der Waals surface area (Å²) in [6.07, 6.45) is 0.232. The van der Waals surface area contributed by atoms with Gasteiger partial charge in [-0.25, -0.2) is 4.79 Å². The molecule has 0 bridgehead atoms. The van der Waals surface area contributed by atoms with Crippen LogP contribution in [0.15, 0.2) is 12.7 Å². The number of nitrogens with zero attached hydrogens (tertiary/aromatic N) is 1. The van der Waals surface area contributed by atoms with Crippen LogP contribution in [0.4, 0.5) is 4.79 Å². The molecular formula is C10H15NO5. The molecule has 1 aliphatic heterocycles. The molecule has 6 heteroatoms. The standard InChI is InChI=1S/C10H15NO5/c1-2-3-16-10(15)11-6-8(12)4-7(11)5-9(13)14/h2,7-8,12H,1,3-6H2,(H,13,14)/t7-,8-/m1/s1.